The van der Waals surface area contributed by atoms with E-state index in [0.717, 1.165) is 6.08 Å². The van der Waals surface area contributed by atoms with Crippen LogP contribution in [0.5, 0.6) is 23.0 Å². The van der Waals surface area contributed by atoms with Gasteiger partial charge in [-0.3, -0.25) is 10.2 Å². The number of carbonyl (C=O) groups excluding carboxylic acids is 1. The lowest BCUT2D eigenvalue weighted by Gasteiger charge is -2.15. The third-order valence-corrected chi connectivity index (χ3v) is 5.36. The molecule has 0 saturated heterocycles. The fraction of sp³-hybridized carbons (Fsp3) is 0.158. The van der Waals surface area contributed by atoms with Gasteiger partial charge in [-0.05, 0) is 42.0 Å². The molecule has 2 aromatic carbocycles. The van der Waals surface area contributed by atoms with E-state index in [1.165, 1.54) is 50.6 Å². The Balaban J connectivity index is 1.87. The first-order chi connectivity index (χ1) is 14.7. The highest BCUT2D eigenvalue weighted by Crippen LogP contribution is 2.36. The smallest absolute Gasteiger partial charge is 0.328 e. The predicted octanol–water partition coefficient (Wildman–Crippen LogP) is 1.15. The molecule has 1 heterocycles. The van der Waals surface area contributed by atoms with Crippen molar-refractivity contribution in [2.45, 2.75) is 4.90 Å². The monoisotopic (exact) mass is 450 g/mol. The first-order valence-corrected chi connectivity index (χ1v) is 10.1. The second kappa shape index (κ2) is 8.93. The molecule has 31 heavy (non-hydrogen) atoms. The van der Waals surface area contributed by atoms with Crippen LogP contribution in [0.25, 0.3) is 6.08 Å². The number of benzene rings is 2. The van der Waals surface area contributed by atoms with E-state index >= 15 is 0 Å². The van der Waals surface area contributed by atoms with Gasteiger partial charge in [-0.1, -0.05) is 0 Å². The van der Waals surface area contributed by atoms with Crippen LogP contribution < -0.4 is 29.2 Å². The highest BCUT2D eigenvalue weighted by atomic mass is 32.2. The predicted molar refractivity (Wildman–Crippen MR) is 107 cm³/mol. The van der Waals surface area contributed by atoms with Gasteiger partial charge in [0.1, 0.15) is 4.90 Å². The average Bonchev–Trinajstić information content (AvgIpc) is 3.23. The fourth-order valence-corrected chi connectivity index (χ4v) is 3.75. The van der Waals surface area contributed by atoms with Crippen LogP contribution in [0, 0.1) is 0 Å². The molecular weight excluding hydrogens is 432 g/mol. The summed E-state index contributed by atoms with van der Waals surface area (Å²) in [6, 6.07) is 6.96. The molecular formula is C19H18N2O9S. The molecule has 0 bridgehead atoms. The van der Waals surface area contributed by atoms with E-state index in [-0.39, 0.29) is 34.3 Å². The maximum atomic E-state index is 12.8. The summed E-state index contributed by atoms with van der Waals surface area (Å²) in [6.07, 6.45) is 2.03. The van der Waals surface area contributed by atoms with Gasteiger partial charge < -0.3 is 24.1 Å². The Bertz CT molecular complexity index is 1160. The molecule has 1 aliphatic rings. The molecule has 0 saturated carbocycles. The molecule has 3 rings (SSSR count). The van der Waals surface area contributed by atoms with Gasteiger partial charge in [0.25, 0.3) is 15.9 Å². The Morgan fingerprint density at radius 3 is 2.52 bits per heavy atom. The van der Waals surface area contributed by atoms with Crippen molar-refractivity contribution in [2.75, 3.05) is 21.0 Å². The van der Waals surface area contributed by atoms with Crippen molar-refractivity contribution in [2.24, 2.45) is 0 Å². The number of amides is 1. The van der Waals surface area contributed by atoms with Gasteiger partial charge in [0.2, 0.25) is 6.79 Å². The second-order valence-corrected chi connectivity index (χ2v) is 7.70. The third kappa shape index (κ3) is 4.87. The van der Waals surface area contributed by atoms with Gasteiger partial charge in [0.15, 0.2) is 23.0 Å². The normalized spacial score (nSPS) is 12.6. The van der Waals surface area contributed by atoms with Gasteiger partial charge in [-0.2, -0.15) is 0 Å². The lowest BCUT2D eigenvalue weighted by atomic mass is 10.2. The topological polar surface area (TPSA) is 149 Å². The minimum absolute atomic E-state index is 0.0291. The summed E-state index contributed by atoms with van der Waals surface area (Å²) in [5.74, 6) is -1.19. The number of nitrogens with one attached hydrogen (secondary N) is 2. The summed E-state index contributed by atoms with van der Waals surface area (Å²) >= 11 is 0. The summed E-state index contributed by atoms with van der Waals surface area (Å²) in [5, 5.41) is 8.81. The van der Waals surface area contributed by atoms with Crippen molar-refractivity contribution < 1.29 is 42.1 Å². The Morgan fingerprint density at radius 2 is 1.84 bits per heavy atom. The van der Waals surface area contributed by atoms with Crippen molar-refractivity contribution >= 4 is 28.0 Å². The van der Waals surface area contributed by atoms with Crippen LogP contribution >= 0.6 is 0 Å². The van der Waals surface area contributed by atoms with Crippen molar-refractivity contribution in [1.29, 1.82) is 0 Å². The SMILES string of the molecule is COc1cc(/C=C/C(=O)O)cc(S(=O)(=O)NNC(=O)c2ccc3c(c2)OCO3)c1OC. The van der Waals surface area contributed by atoms with Crippen LogP contribution in [-0.2, 0) is 14.8 Å². The van der Waals surface area contributed by atoms with Crippen LogP contribution in [0.3, 0.4) is 0 Å². The van der Waals surface area contributed by atoms with E-state index in [0.29, 0.717) is 11.5 Å². The van der Waals surface area contributed by atoms with Gasteiger partial charge >= 0.3 is 5.97 Å². The quantitative estimate of drug-likeness (QED) is 0.398. The molecule has 0 radical (unpaired) electrons. The van der Waals surface area contributed by atoms with Crippen molar-refractivity contribution in [3.05, 3.63) is 47.5 Å². The molecule has 1 aliphatic heterocycles. The van der Waals surface area contributed by atoms with Crippen LogP contribution in [0.2, 0.25) is 0 Å². The maximum Gasteiger partial charge on any atom is 0.328 e. The van der Waals surface area contributed by atoms with Crippen molar-refractivity contribution in [3.8, 4) is 23.0 Å². The van der Waals surface area contributed by atoms with Gasteiger partial charge in [0, 0.05) is 11.6 Å². The molecule has 0 aliphatic carbocycles. The Hall–Kier alpha value is -3.77. The minimum Gasteiger partial charge on any atom is -0.493 e. The first-order valence-electron chi connectivity index (χ1n) is 8.64. The minimum atomic E-state index is -4.34. The highest BCUT2D eigenvalue weighted by molar-refractivity contribution is 7.89. The van der Waals surface area contributed by atoms with E-state index in [9.17, 15) is 18.0 Å². The number of hydrogen-bond acceptors (Lipinski definition) is 8. The molecule has 0 spiro atoms. The fourth-order valence-electron chi connectivity index (χ4n) is 2.69. The zero-order valence-electron chi connectivity index (χ0n) is 16.4. The number of hydrazine groups is 1. The lowest BCUT2D eigenvalue weighted by molar-refractivity contribution is -0.131. The lowest BCUT2D eigenvalue weighted by Crippen LogP contribution is -2.41. The molecule has 1 amide bonds. The average molecular weight is 450 g/mol. The van der Waals surface area contributed by atoms with Crippen molar-refractivity contribution in [1.82, 2.24) is 10.3 Å². The molecule has 0 fully saturated rings. The molecule has 3 N–H and O–H groups in total. The van der Waals surface area contributed by atoms with E-state index in [1.807, 2.05) is 4.83 Å². The number of rotatable bonds is 8. The highest BCUT2D eigenvalue weighted by Gasteiger charge is 2.25. The summed E-state index contributed by atoms with van der Waals surface area (Å²) in [4.78, 5) is 24.8. The second-order valence-electron chi connectivity index (χ2n) is 6.05. The first kappa shape index (κ1) is 21.9. The van der Waals surface area contributed by atoms with E-state index in [2.05, 4.69) is 5.43 Å². The van der Waals surface area contributed by atoms with Gasteiger partial charge in [0.05, 0.1) is 14.2 Å². The number of aliphatic carboxylic acids is 1. The van der Waals surface area contributed by atoms with Crippen molar-refractivity contribution in [3.63, 3.8) is 0 Å². The van der Waals surface area contributed by atoms with Gasteiger partial charge in [-0.15, -0.1) is 4.83 Å². The zero-order chi connectivity index (χ0) is 22.6. The number of methoxy groups -OCH3 is 2. The largest absolute Gasteiger partial charge is 0.493 e. The number of carboxylic acids is 1. The number of sulfonamides is 1. The molecule has 11 nitrogen and oxygen atoms in total. The third-order valence-electron chi connectivity index (χ3n) is 4.11. The molecule has 0 atom stereocenters. The van der Waals surface area contributed by atoms with Crippen LogP contribution in [0.1, 0.15) is 15.9 Å². The molecule has 2 aromatic rings. The van der Waals surface area contributed by atoms with Crippen LogP contribution in [0.15, 0.2) is 41.3 Å². The Kier molecular flexibility index (Phi) is 6.32. The molecule has 164 valence electrons. The maximum absolute atomic E-state index is 12.8. The molecule has 12 heteroatoms. The van der Waals surface area contributed by atoms with Gasteiger partial charge in [-0.25, -0.2) is 13.2 Å². The Labute approximate surface area is 177 Å². The van der Waals surface area contributed by atoms with E-state index in [4.69, 9.17) is 24.1 Å². The number of fused-ring (bicyclic) bond motifs is 1. The summed E-state index contributed by atoms with van der Waals surface area (Å²) in [5.41, 5.74) is 2.46. The summed E-state index contributed by atoms with van der Waals surface area (Å²) in [7, 11) is -1.79. The summed E-state index contributed by atoms with van der Waals surface area (Å²) in [6.45, 7) is 0.0291. The number of carbonyl (C=O) groups is 2. The molecule has 0 aromatic heterocycles. The zero-order valence-corrected chi connectivity index (χ0v) is 17.2. The molecule has 0 unspecified atom stereocenters. The Morgan fingerprint density at radius 1 is 1.10 bits per heavy atom. The van der Waals surface area contributed by atoms with E-state index in [1.54, 1.807) is 0 Å². The number of carboxylic acid groups (broad SMARTS) is 1. The van der Waals surface area contributed by atoms with Crippen LogP contribution in [-0.4, -0.2) is 46.4 Å². The summed E-state index contributed by atoms with van der Waals surface area (Å²) < 4.78 is 46.3. The standard InChI is InChI=1S/C19H18N2O9S/c1-27-15-7-11(3-6-17(22)23)8-16(18(15)28-2)31(25,26)21-20-19(24)12-4-5-13-14(9-12)30-10-29-13/h3-9,21H,10H2,1-2H3,(H,20,24)(H,22,23)/b6-3+. The van der Waals surface area contributed by atoms with Crippen LogP contribution in [0.4, 0.5) is 0 Å². The number of ether oxygens (including phenoxy) is 4. The van der Waals surface area contributed by atoms with E-state index < -0.39 is 21.9 Å². The number of hydrogen-bond donors (Lipinski definition) is 3.